The third kappa shape index (κ3) is 3.84. The standard InChI is InChI=1S/C25H23NO5/c1-2-31-17-12-13-20(21(27)14-17)23-22(25(29)30)18-10-6-7-11-19(18)24(28)26(23)15-16-8-4-3-5-9-16/h3-14,22-23,27H,2,15H2,1H3,(H,29,30)/p-1/t22-,23-/m1/s1. The van der Waals surface area contributed by atoms with E-state index in [1.807, 2.05) is 37.3 Å². The van der Waals surface area contributed by atoms with Gasteiger partial charge in [0.15, 0.2) is 0 Å². The Morgan fingerprint density at radius 2 is 1.74 bits per heavy atom. The van der Waals surface area contributed by atoms with Crippen LogP contribution < -0.4 is 9.84 Å². The molecule has 6 nitrogen and oxygen atoms in total. The van der Waals surface area contributed by atoms with Crippen molar-refractivity contribution in [2.45, 2.75) is 25.4 Å². The number of aliphatic carboxylic acids is 1. The molecule has 1 amide bonds. The number of carbonyl (C=O) groups is 2. The predicted molar refractivity (Wildman–Crippen MR) is 113 cm³/mol. The normalized spacial score (nSPS) is 17.8. The number of phenolic OH excluding ortho intramolecular Hbond substituents is 1. The van der Waals surface area contributed by atoms with Crippen molar-refractivity contribution in [2.24, 2.45) is 0 Å². The van der Waals surface area contributed by atoms with Crippen molar-refractivity contribution >= 4 is 11.9 Å². The molecule has 1 aliphatic heterocycles. The fourth-order valence-electron chi connectivity index (χ4n) is 4.18. The number of hydrogen-bond acceptors (Lipinski definition) is 5. The molecule has 0 unspecified atom stereocenters. The van der Waals surface area contributed by atoms with Gasteiger partial charge in [-0.2, -0.15) is 0 Å². The number of benzene rings is 3. The van der Waals surface area contributed by atoms with E-state index in [9.17, 15) is 19.8 Å². The third-order valence-corrected chi connectivity index (χ3v) is 5.52. The molecule has 2 atom stereocenters. The van der Waals surface area contributed by atoms with Crippen molar-refractivity contribution in [1.82, 2.24) is 4.90 Å². The van der Waals surface area contributed by atoms with Crippen molar-refractivity contribution in [1.29, 1.82) is 0 Å². The fraction of sp³-hybridized carbons (Fsp3) is 0.200. The molecule has 1 aliphatic rings. The van der Waals surface area contributed by atoms with Gasteiger partial charge in [-0.1, -0.05) is 48.5 Å². The van der Waals surface area contributed by atoms with Crippen LogP contribution in [0.25, 0.3) is 0 Å². The maximum Gasteiger partial charge on any atom is 0.255 e. The molecule has 1 heterocycles. The van der Waals surface area contributed by atoms with Crippen molar-refractivity contribution in [3.05, 3.63) is 95.1 Å². The monoisotopic (exact) mass is 416 g/mol. The number of ether oxygens (including phenoxy) is 1. The summed E-state index contributed by atoms with van der Waals surface area (Å²) in [6.07, 6.45) is 0. The second kappa shape index (κ2) is 8.52. The molecule has 6 heteroatoms. The zero-order valence-corrected chi connectivity index (χ0v) is 17.0. The summed E-state index contributed by atoms with van der Waals surface area (Å²) in [6.45, 7) is 2.44. The number of fused-ring (bicyclic) bond motifs is 1. The minimum atomic E-state index is -1.31. The summed E-state index contributed by atoms with van der Waals surface area (Å²) in [5.74, 6) is -2.41. The molecule has 158 valence electrons. The van der Waals surface area contributed by atoms with Gasteiger partial charge in [0.1, 0.15) is 11.5 Å². The number of nitrogens with zero attached hydrogens (tertiary/aromatic N) is 1. The molecule has 0 aromatic heterocycles. The zero-order chi connectivity index (χ0) is 22.0. The van der Waals surface area contributed by atoms with Gasteiger partial charge in [0, 0.05) is 29.7 Å². The Kier molecular flexibility index (Phi) is 5.62. The van der Waals surface area contributed by atoms with Crippen LogP contribution in [0.2, 0.25) is 0 Å². The summed E-state index contributed by atoms with van der Waals surface area (Å²) in [7, 11) is 0. The summed E-state index contributed by atoms with van der Waals surface area (Å²) < 4.78 is 5.43. The Labute approximate surface area is 180 Å². The van der Waals surface area contributed by atoms with E-state index in [0.717, 1.165) is 5.56 Å². The molecule has 0 radical (unpaired) electrons. The number of carboxylic acid groups (broad SMARTS) is 1. The van der Waals surface area contributed by atoms with Gasteiger partial charge in [0.2, 0.25) is 0 Å². The minimum Gasteiger partial charge on any atom is -0.549 e. The van der Waals surface area contributed by atoms with Gasteiger partial charge < -0.3 is 24.6 Å². The largest absolute Gasteiger partial charge is 0.549 e. The highest BCUT2D eigenvalue weighted by Crippen LogP contribution is 2.46. The maximum absolute atomic E-state index is 13.5. The average Bonchev–Trinajstić information content (AvgIpc) is 2.76. The van der Waals surface area contributed by atoms with Crippen LogP contribution in [0.1, 0.15) is 45.9 Å². The molecule has 4 rings (SSSR count). The van der Waals surface area contributed by atoms with Crippen molar-refractivity contribution in [3.8, 4) is 11.5 Å². The Hall–Kier alpha value is -3.80. The van der Waals surface area contributed by atoms with Gasteiger partial charge in [0.25, 0.3) is 5.91 Å². The van der Waals surface area contributed by atoms with Crippen molar-refractivity contribution in [3.63, 3.8) is 0 Å². The Morgan fingerprint density at radius 1 is 1.03 bits per heavy atom. The maximum atomic E-state index is 13.5. The first kappa shape index (κ1) is 20.5. The van der Waals surface area contributed by atoms with Gasteiger partial charge in [-0.25, -0.2) is 0 Å². The van der Waals surface area contributed by atoms with Crippen LogP contribution in [0.3, 0.4) is 0 Å². The highest BCUT2D eigenvalue weighted by Gasteiger charge is 2.42. The zero-order valence-electron chi connectivity index (χ0n) is 17.0. The molecular weight excluding hydrogens is 394 g/mol. The van der Waals surface area contributed by atoms with E-state index < -0.39 is 17.9 Å². The SMILES string of the molecule is CCOc1ccc([C@@H]2[C@H](C(=O)[O-])c3ccccc3C(=O)N2Cc2ccccc2)c(O)c1. The number of hydrogen-bond donors (Lipinski definition) is 1. The molecule has 0 fully saturated rings. The lowest BCUT2D eigenvalue weighted by Crippen LogP contribution is -2.47. The molecule has 0 spiro atoms. The van der Waals surface area contributed by atoms with Crippen LogP contribution in [0.15, 0.2) is 72.8 Å². The highest BCUT2D eigenvalue weighted by molar-refractivity contribution is 6.00. The number of aromatic hydroxyl groups is 1. The van der Waals surface area contributed by atoms with Gasteiger partial charge in [-0.05, 0) is 36.2 Å². The molecule has 3 aromatic carbocycles. The van der Waals surface area contributed by atoms with E-state index in [2.05, 4.69) is 0 Å². The number of carbonyl (C=O) groups excluding carboxylic acids is 2. The van der Waals surface area contributed by atoms with Crippen molar-refractivity contribution in [2.75, 3.05) is 6.61 Å². The molecule has 0 saturated heterocycles. The number of rotatable bonds is 6. The van der Waals surface area contributed by atoms with Gasteiger partial charge >= 0.3 is 0 Å². The lowest BCUT2D eigenvalue weighted by molar-refractivity contribution is -0.309. The van der Waals surface area contributed by atoms with Crippen LogP contribution in [0.4, 0.5) is 0 Å². The summed E-state index contributed by atoms with van der Waals surface area (Å²) in [5, 5.41) is 23.1. The summed E-state index contributed by atoms with van der Waals surface area (Å²) in [5.41, 5.74) is 1.89. The summed E-state index contributed by atoms with van der Waals surface area (Å²) >= 11 is 0. The Bertz CT molecular complexity index is 1110. The molecule has 0 bridgehead atoms. The number of phenols is 1. The quantitative estimate of drug-likeness (QED) is 0.667. The predicted octanol–water partition coefficient (Wildman–Crippen LogP) is 3.02. The molecule has 31 heavy (non-hydrogen) atoms. The van der Waals surface area contributed by atoms with E-state index >= 15 is 0 Å². The van der Waals surface area contributed by atoms with E-state index in [1.54, 1.807) is 36.4 Å². The lowest BCUT2D eigenvalue weighted by atomic mass is 9.79. The van der Waals surface area contributed by atoms with E-state index in [4.69, 9.17) is 4.74 Å². The van der Waals surface area contributed by atoms with Crippen LogP contribution >= 0.6 is 0 Å². The summed E-state index contributed by atoms with van der Waals surface area (Å²) in [6, 6.07) is 19.8. The van der Waals surface area contributed by atoms with Crippen LogP contribution in [-0.4, -0.2) is 28.5 Å². The van der Waals surface area contributed by atoms with Gasteiger partial charge in [-0.15, -0.1) is 0 Å². The second-order valence-electron chi connectivity index (χ2n) is 7.40. The minimum absolute atomic E-state index is 0.132. The molecule has 0 aliphatic carbocycles. The van der Waals surface area contributed by atoms with E-state index in [1.165, 1.54) is 11.0 Å². The van der Waals surface area contributed by atoms with Gasteiger partial charge in [0.05, 0.1) is 18.6 Å². The summed E-state index contributed by atoms with van der Waals surface area (Å²) in [4.78, 5) is 27.3. The van der Waals surface area contributed by atoms with Crippen LogP contribution in [0.5, 0.6) is 11.5 Å². The highest BCUT2D eigenvalue weighted by atomic mass is 16.5. The lowest BCUT2D eigenvalue weighted by Gasteiger charge is -2.43. The fourth-order valence-corrected chi connectivity index (χ4v) is 4.18. The average molecular weight is 416 g/mol. The second-order valence-corrected chi connectivity index (χ2v) is 7.40. The van der Waals surface area contributed by atoms with Crippen LogP contribution in [-0.2, 0) is 11.3 Å². The molecule has 3 aromatic rings. The van der Waals surface area contributed by atoms with Crippen LogP contribution in [0, 0.1) is 0 Å². The van der Waals surface area contributed by atoms with Gasteiger partial charge in [-0.3, -0.25) is 4.79 Å². The molecule has 1 N–H and O–H groups in total. The first-order chi connectivity index (χ1) is 15.0. The Balaban J connectivity index is 1.88. The molecule has 0 saturated carbocycles. The van der Waals surface area contributed by atoms with Crippen molar-refractivity contribution < 1.29 is 24.5 Å². The third-order valence-electron chi connectivity index (χ3n) is 5.52. The number of amides is 1. The first-order valence-electron chi connectivity index (χ1n) is 10.1. The molecular formula is C25H22NO5-. The Morgan fingerprint density at radius 3 is 2.42 bits per heavy atom. The van der Waals surface area contributed by atoms with E-state index in [0.29, 0.717) is 29.0 Å². The van der Waals surface area contributed by atoms with E-state index in [-0.39, 0.29) is 18.2 Å². The smallest absolute Gasteiger partial charge is 0.255 e. The topological polar surface area (TPSA) is 89.9 Å². The first-order valence-corrected chi connectivity index (χ1v) is 10.1. The number of carboxylic acids is 1.